The maximum absolute atomic E-state index is 11.6. The van der Waals surface area contributed by atoms with Gasteiger partial charge in [0.15, 0.2) is 0 Å². The quantitative estimate of drug-likeness (QED) is 0.558. The predicted molar refractivity (Wildman–Crippen MR) is 91.0 cm³/mol. The standard InChI is InChI=1S/C18H23NO4S/c1-24(21,22)13-16-10-17(23-18(20)11-16)5-3-2-4-14-6-8-15(12-19)9-7-14/h6-9,16-17H,2-5,10-11,13H2,1H3/t16-,17-/m1/s1. The van der Waals surface area contributed by atoms with Gasteiger partial charge in [0.1, 0.15) is 15.9 Å². The zero-order valence-corrected chi connectivity index (χ0v) is 14.7. The average molecular weight is 349 g/mol. The van der Waals surface area contributed by atoms with Crippen LogP contribution in [0.4, 0.5) is 0 Å². The number of benzene rings is 1. The maximum Gasteiger partial charge on any atom is 0.306 e. The lowest BCUT2D eigenvalue weighted by Crippen LogP contribution is -2.32. The number of esters is 1. The van der Waals surface area contributed by atoms with Crippen molar-refractivity contribution in [3.8, 4) is 6.07 Å². The summed E-state index contributed by atoms with van der Waals surface area (Å²) >= 11 is 0. The van der Waals surface area contributed by atoms with Gasteiger partial charge < -0.3 is 4.74 Å². The van der Waals surface area contributed by atoms with E-state index in [1.807, 2.05) is 24.3 Å². The van der Waals surface area contributed by atoms with Crippen molar-refractivity contribution in [1.82, 2.24) is 0 Å². The zero-order chi connectivity index (χ0) is 17.6. The smallest absolute Gasteiger partial charge is 0.306 e. The topological polar surface area (TPSA) is 84.2 Å². The van der Waals surface area contributed by atoms with Crippen LogP contribution >= 0.6 is 0 Å². The first-order valence-corrected chi connectivity index (χ1v) is 10.3. The molecule has 2 atom stereocenters. The number of unbranched alkanes of at least 4 members (excludes halogenated alkanes) is 1. The van der Waals surface area contributed by atoms with Crippen LogP contribution < -0.4 is 0 Å². The van der Waals surface area contributed by atoms with Crippen molar-refractivity contribution >= 4 is 15.8 Å². The number of hydrogen-bond acceptors (Lipinski definition) is 5. The van der Waals surface area contributed by atoms with Crippen molar-refractivity contribution in [2.24, 2.45) is 5.92 Å². The van der Waals surface area contributed by atoms with Gasteiger partial charge in [0, 0.05) is 12.7 Å². The third-order valence-electron chi connectivity index (χ3n) is 4.21. The van der Waals surface area contributed by atoms with Crippen LogP contribution in [0.5, 0.6) is 0 Å². The van der Waals surface area contributed by atoms with E-state index in [0.29, 0.717) is 12.0 Å². The Balaban J connectivity index is 1.74. The van der Waals surface area contributed by atoms with Gasteiger partial charge in [-0.05, 0) is 55.7 Å². The van der Waals surface area contributed by atoms with Crippen molar-refractivity contribution in [1.29, 1.82) is 5.26 Å². The van der Waals surface area contributed by atoms with Gasteiger partial charge in [-0.15, -0.1) is 0 Å². The largest absolute Gasteiger partial charge is 0.462 e. The molecule has 24 heavy (non-hydrogen) atoms. The zero-order valence-electron chi connectivity index (χ0n) is 13.9. The van der Waals surface area contributed by atoms with Crippen LogP contribution in [-0.4, -0.2) is 32.5 Å². The first kappa shape index (κ1) is 18.5. The molecule has 0 aliphatic carbocycles. The minimum Gasteiger partial charge on any atom is -0.462 e. The Bertz CT molecular complexity index is 704. The molecule has 0 saturated carbocycles. The van der Waals surface area contributed by atoms with Crippen LogP contribution in [0.2, 0.25) is 0 Å². The van der Waals surface area contributed by atoms with E-state index in [9.17, 15) is 13.2 Å². The fourth-order valence-corrected chi connectivity index (χ4v) is 4.26. The first-order chi connectivity index (χ1) is 11.4. The number of aryl methyl sites for hydroxylation is 1. The lowest BCUT2D eigenvalue weighted by Gasteiger charge is -2.28. The number of hydrogen-bond donors (Lipinski definition) is 0. The van der Waals surface area contributed by atoms with Gasteiger partial charge in [-0.1, -0.05) is 12.1 Å². The van der Waals surface area contributed by atoms with E-state index >= 15 is 0 Å². The van der Waals surface area contributed by atoms with E-state index in [2.05, 4.69) is 6.07 Å². The molecule has 1 aliphatic heterocycles. The van der Waals surface area contributed by atoms with Crippen molar-refractivity contribution in [3.63, 3.8) is 0 Å². The molecule has 5 nitrogen and oxygen atoms in total. The van der Waals surface area contributed by atoms with Gasteiger partial charge in [-0.3, -0.25) is 4.79 Å². The Labute approximate surface area is 143 Å². The highest BCUT2D eigenvalue weighted by Crippen LogP contribution is 2.26. The summed E-state index contributed by atoms with van der Waals surface area (Å²) in [5.41, 5.74) is 1.84. The summed E-state index contributed by atoms with van der Waals surface area (Å²) in [5, 5.41) is 8.77. The third kappa shape index (κ3) is 6.32. The predicted octanol–water partition coefficient (Wildman–Crippen LogP) is 2.64. The van der Waals surface area contributed by atoms with Crippen LogP contribution in [0.1, 0.15) is 43.2 Å². The summed E-state index contributed by atoms with van der Waals surface area (Å²) < 4.78 is 28.2. The summed E-state index contributed by atoms with van der Waals surface area (Å²) in [4.78, 5) is 11.6. The minimum atomic E-state index is -3.07. The minimum absolute atomic E-state index is 0.0594. The fraction of sp³-hybridized carbons (Fsp3) is 0.556. The molecule has 0 aromatic heterocycles. The molecule has 1 aromatic carbocycles. The number of sulfone groups is 1. The molecule has 0 spiro atoms. The van der Waals surface area contributed by atoms with Gasteiger partial charge >= 0.3 is 5.97 Å². The Morgan fingerprint density at radius 2 is 1.96 bits per heavy atom. The number of nitriles is 1. The lowest BCUT2D eigenvalue weighted by molar-refractivity contribution is -0.156. The van der Waals surface area contributed by atoms with Crippen molar-refractivity contribution in [2.75, 3.05) is 12.0 Å². The van der Waals surface area contributed by atoms with E-state index in [-0.39, 0.29) is 30.2 Å². The molecular weight excluding hydrogens is 326 g/mol. The Morgan fingerprint density at radius 1 is 1.25 bits per heavy atom. The third-order valence-corrected chi connectivity index (χ3v) is 5.29. The number of cyclic esters (lactones) is 1. The molecule has 1 aromatic rings. The van der Waals surface area contributed by atoms with Crippen LogP contribution in [0.3, 0.4) is 0 Å². The maximum atomic E-state index is 11.6. The molecule has 130 valence electrons. The normalized spacial score (nSPS) is 21.1. The second-order valence-electron chi connectivity index (χ2n) is 6.56. The summed E-state index contributed by atoms with van der Waals surface area (Å²) in [6.07, 6.45) is 5.45. The van der Waals surface area contributed by atoms with Gasteiger partial charge in [-0.2, -0.15) is 5.26 Å². The van der Waals surface area contributed by atoms with Gasteiger partial charge in [0.25, 0.3) is 0 Å². The fourth-order valence-electron chi connectivity index (χ4n) is 3.15. The number of ether oxygens (including phenoxy) is 1. The summed E-state index contributed by atoms with van der Waals surface area (Å²) in [6, 6.07) is 9.64. The average Bonchev–Trinajstić information content (AvgIpc) is 2.50. The van der Waals surface area contributed by atoms with Crippen molar-refractivity contribution in [3.05, 3.63) is 35.4 Å². The molecule has 0 N–H and O–H groups in total. The van der Waals surface area contributed by atoms with E-state index in [4.69, 9.17) is 10.00 Å². The number of carbonyl (C=O) groups is 1. The summed E-state index contributed by atoms with van der Waals surface area (Å²) in [7, 11) is -3.07. The van der Waals surface area contributed by atoms with E-state index in [0.717, 1.165) is 25.7 Å². The van der Waals surface area contributed by atoms with Gasteiger partial charge in [0.05, 0.1) is 17.4 Å². The van der Waals surface area contributed by atoms with E-state index in [1.54, 1.807) is 0 Å². The molecule has 1 heterocycles. The molecule has 2 rings (SSSR count). The van der Waals surface area contributed by atoms with Crippen LogP contribution in [-0.2, 0) is 25.8 Å². The number of nitrogens with zero attached hydrogens (tertiary/aromatic N) is 1. The highest BCUT2D eigenvalue weighted by atomic mass is 32.2. The highest BCUT2D eigenvalue weighted by Gasteiger charge is 2.30. The monoisotopic (exact) mass is 349 g/mol. The molecule has 1 aliphatic rings. The molecule has 0 bridgehead atoms. The summed E-state index contributed by atoms with van der Waals surface area (Å²) in [6.45, 7) is 0. The Hall–Kier alpha value is -1.87. The highest BCUT2D eigenvalue weighted by molar-refractivity contribution is 7.90. The SMILES string of the molecule is CS(=O)(=O)C[C@H]1CC(=O)O[C@H](CCCCc2ccc(C#N)cc2)C1. The Kier molecular flexibility index (Phi) is 6.38. The number of carbonyl (C=O) groups excluding carboxylic acids is 1. The first-order valence-electron chi connectivity index (χ1n) is 8.22. The van der Waals surface area contributed by atoms with Crippen LogP contribution in [0.25, 0.3) is 0 Å². The van der Waals surface area contributed by atoms with E-state index < -0.39 is 9.84 Å². The van der Waals surface area contributed by atoms with Crippen molar-refractivity contribution < 1.29 is 17.9 Å². The lowest BCUT2D eigenvalue weighted by atomic mass is 9.93. The van der Waals surface area contributed by atoms with Crippen LogP contribution in [0.15, 0.2) is 24.3 Å². The molecular formula is C18H23NO4S. The van der Waals surface area contributed by atoms with Gasteiger partial charge in [0.2, 0.25) is 0 Å². The summed E-state index contributed by atoms with van der Waals surface area (Å²) in [5.74, 6) is -0.346. The molecule has 6 heteroatoms. The molecule has 0 unspecified atom stereocenters. The second kappa shape index (κ2) is 8.29. The Morgan fingerprint density at radius 3 is 2.58 bits per heavy atom. The molecule has 0 amide bonds. The second-order valence-corrected chi connectivity index (χ2v) is 8.75. The number of rotatable bonds is 7. The van der Waals surface area contributed by atoms with Gasteiger partial charge in [-0.25, -0.2) is 8.42 Å². The van der Waals surface area contributed by atoms with E-state index in [1.165, 1.54) is 11.8 Å². The molecule has 1 fully saturated rings. The van der Waals surface area contributed by atoms with Crippen molar-refractivity contribution in [2.45, 2.75) is 44.6 Å². The molecule has 1 saturated heterocycles. The van der Waals surface area contributed by atoms with Crippen LogP contribution in [0, 0.1) is 17.2 Å². The molecule has 0 radical (unpaired) electrons.